The van der Waals surface area contributed by atoms with Crippen molar-refractivity contribution in [3.05, 3.63) is 56.0 Å². The molecule has 0 aliphatic rings. The van der Waals surface area contributed by atoms with E-state index in [0.717, 1.165) is 12.5 Å². The van der Waals surface area contributed by atoms with Crippen LogP contribution < -0.4 is 5.32 Å². The van der Waals surface area contributed by atoms with Gasteiger partial charge in [0.05, 0.1) is 4.92 Å². The van der Waals surface area contributed by atoms with E-state index in [1.54, 1.807) is 11.3 Å². The van der Waals surface area contributed by atoms with E-state index >= 15 is 0 Å². The molecule has 0 fully saturated rings. The van der Waals surface area contributed by atoms with Crippen LogP contribution >= 0.6 is 11.3 Å². The number of para-hydroxylation sites is 1. The molecule has 1 aromatic carbocycles. The fraction of sp³-hybridized carbons (Fsp3) is 0.286. The zero-order chi connectivity index (χ0) is 14.7. The number of thiophene rings is 1. The Morgan fingerprint density at radius 3 is 2.75 bits per heavy atom. The van der Waals surface area contributed by atoms with E-state index in [9.17, 15) is 14.5 Å². The largest absolute Gasteiger partial charge is 0.377 e. The second-order valence-corrected chi connectivity index (χ2v) is 6.03. The SMILES string of the molecule is Cc1ccc(CC(C)Nc2cccc(F)c2[N+](=O)[O-])s1. The molecule has 0 bridgehead atoms. The molecule has 0 aliphatic carbocycles. The molecule has 6 heteroatoms. The first kappa shape index (κ1) is 14.5. The highest BCUT2D eigenvalue weighted by atomic mass is 32.1. The fourth-order valence-corrected chi connectivity index (χ4v) is 3.05. The molecule has 1 atom stereocenters. The smallest absolute Gasteiger partial charge is 0.327 e. The molecule has 4 nitrogen and oxygen atoms in total. The molecule has 0 radical (unpaired) electrons. The number of anilines is 1. The number of hydrogen-bond donors (Lipinski definition) is 1. The van der Waals surface area contributed by atoms with Crippen LogP contribution in [0.15, 0.2) is 30.3 Å². The molecular formula is C14H15FN2O2S. The molecule has 0 spiro atoms. The molecular weight excluding hydrogens is 279 g/mol. The predicted molar refractivity (Wildman–Crippen MR) is 78.9 cm³/mol. The lowest BCUT2D eigenvalue weighted by Crippen LogP contribution is -2.18. The number of nitro groups is 1. The highest BCUT2D eigenvalue weighted by molar-refractivity contribution is 7.11. The Hall–Kier alpha value is -1.95. The highest BCUT2D eigenvalue weighted by Gasteiger charge is 2.20. The number of halogens is 1. The molecule has 1 N–H and O–H groups in total. The van der Waals surface area contributed by atoms with Gasteiger partial charge in [-0.05, 0) is 38.1 Å². The minimum atomic E-state index is -0.820. The summed E-state index contributed by atoms with van der Waals surface area (Å²) in [6.45, 7) is 3.95. The van der Waals surface area contributed by atoms with Crippen LogP contribution in [0.5, 0.6) is 0 Å². The molecule has 1 unspecified atom stereocenters. The summed E-state index contributed by atoms with van der Waals surface area (Å²) in [6.07, 6.45) is 0.742. The molecule has 0 amide bonds. The van der Waals surface area contributed by atoms with Gasteiger partial charge in [0, 0.05) is 22.2 Å². The maximum Gasteiger partial charge on any atom is 0.327 e. The van der Waals surface area contributed by atoms with E-state index in [-0.39, 0.29) is 11.7 Å². The number of benzene rings is 1. The number of nitrogens with zero attached hydrogens (tertiary/aromatic N) is 1. The van der Waals surface area contributed by atoms with Crippen molar-refractivity contribution in [1.82, 2.24) is 0 Å². The van der Waals surface area contributed by atoms with Gasteiger partial charge in [-0.15, -0.1) is 11.3 Å². The number of hydrogen-bond acceptors (Lipinski definition) is 4. The maximum absolute atomic E-state index is 13.5. The Labute approximate surface area is 120 Å². The lowest BCUT2D eigenvalue weighted by Gasteiger charge is -2.14. The number of nitro benzene ring substituents is 1. The highest BCUT2D eigenvalue weighted by Crippen LogP contribution is 2.28. The summed E-state index contributed by atoms with van der Waals surface area (Å²) in [6, 6.07) is 8.14. The minimum Gasteiger partial charge on any atom is -0.377 e. The van der Waals surface area contributed by atoms with Gasteiger partial charge in [0.15, 0.2) is 0 Å². The Kier molecular flexibility index (Phi) is 4.34. The zero-order valence-electron chi connectivity index (χ0n) is 11.2. The van der Waals surface area contributed by atoms with Gasteiger partial charge in [-0.1, -0.05) is 6.07 Å². The van der Waals surface area contributed by atoms with Crippen molar-refractivity contribution in [2.45, 2.75) is 26.3 Å². The summed E-state index contributed by atoms with van der Waals surface area (Å²) in [7, 11) is 0. The first-order valence-corrected chi connectivity index (χ1v) is 7.04. The summed E-state index contributed by atoms with van der Waals surface area (Å²) in [5.74, 6) is -0.820. The third-order valence-corrected chi connectivity index (χ3v) is 3.90. The van der Waals surface area contributed by atoms with Crippen LogP contribution in [0.4, 0.5) is 15.8 Å². The van der Waals surface area contributed by atoms with Gasteiger partial charge in [0.25, 0.3) is 0 Å². The van der Waals surface area contributed by atoms with Crippen molar-refractivity contribution >= 4 is 22.7 Å². The first-order valence-electron chi connectivity index (χ1n) is 6.22. The van der Waals surface area contributed by atoms with Crippen LogP contribution in [0.3, 0.4) is 0 Å². The molecule has 2 rings (SSSR count). The van der Waals surface area contributed by atoms with Crippen molar-refractivity contribution < 1.29 is 9.31 Å². The third-order valence-electron chi connectivity index (χ3n) is 2.87. The van der Waals surface area contributed by atoms with Crippen molar-refractivity contribution in [2.75, 3.05) is 5.32 Å². The lowest BCUT2D eigenvalue weighted by atomic mass is 10.2. The van der Waals surface area contributed by atoms with E-state index in [4.69, 9.17) is 0 Å². The van der Waals surface area contributed by atoms with Crippen molar-refractivity contribution in [3.8, 4) is 0 Å². The number of aryl methyl sites for hydroxylation is 1. The first-order chi connectivity index (χ1) is 9.47. The predicted octanol–water partition coefficient (Wildman–Crippen LogP) is 4.15. The molecule has 106 valence electrons. The standard InChI is InChI=1S/C14H15FN2O2S/c1-9(8-11-7-6-10(2)20-11)16-13-5-3-4-12(15)14(13)17(18)19/h3-7,9,16H,8H2,1-2H3. The molecule has 1 aromatic heterocycles. The molecule has 20 heavy (non-hydrogen) atoms. The number of nitrogens with one attached hydrogen (secondary N) is 1. The molecule has 0 saturated heterocycles. The van der Waals surface area contributed by atoms with Crippen LogP contribution in [-0.4, -0.2) is 11.0 Å². The summed E-state index contributed by atoms with van der Waals surface area (Å²) in [5, 5.41) is 13.9. The van der Waals surface area contributed by atoms with Gasteiger partial charge >= 0.3 is 5.69 Å². The van der Waals surface area contributed by atoms with Gasteiger partial charge < -0.3 is 5.32 Å². The summed E-state index contributed by atoms with van der Waals surface area (Å²) >= 11 is 1.69. The van der Waals surface area contributed by atoms with Crippen molar-refractivity contribution in [3.63, 3.8) is 0 Å². The van der Waals surface area contributed by atoms with E-state index < -0.39 is 16.4 Å². The molecule has 0 aliphatic heterocycles. The lowest BCUT2D eigenvalue weighted by molar-refractivity contribution is -0.386. The van der Waals surface area contributed by atoms with E-state index in [1.807, 2.05) is 26.0 Å². The quantitative estimate of drug-likeness (QED) is 0.666. The second-order valence-electron chi connectivity index (χ2n) is 4.65. The van der Waals surface area contributed by atoms with Crippen molar-refractivity contribution in [1.29, 1.82) is 0 Å². The Bertz CT molecular complexity index is 627. The van der Waals surface area contributed by atoms with Crippen LogP contribution in [0.2, 0.25) is 0 Å². The Balaban J connectivity index is 2.13. The second kappa shape index (κ2) is 6.00. The molecule has 1 heterocycles. The third kappa shape index (κ3) is 3.33. The van der Waals surface area contributed by atoms with E-state index in [1.165, 1.54) is 21.9 Å². The van der Waals surface area contributed by atoms with Gasteiger partial charge in [0.2, 0.25) is 5.82 Å². The molecule has 2 aromatic rings. The summed E-state index contributed by atoms with van der Waals surface area (Å²) in [4.78, 5) is 12.6. The minimum absolute atomic E-state index is 0.0199. The average molecular weight is 294 g/mol. The normalized spacial score (nSPS) is 12.2. The summed E-state index contributed by atoms with van der Waals surface area (Å²) < 4.78 is 13.5. The van der Waals surface area contributed by atoms with Crippen LogP contribution in [0.25, 0.3) is 0 Å². The number of rotatable bonds is 5. The van der Waals surface area contributed by atoms with E-state index in [0.29, 0.717) is 0 Å². The van der Waals surface area contributed by atoms with Gasteiger partial charge in [-0.3, -0.25) is 10.1 Å². The van der Waals surface area contributed by atoms with Gasteiger partial charge in [-0.2, -0.15) is 4.39 Å². The molecule has 0 saturated carbocycles. The fourth-order valence-electron chi connectivity index (χ4n) is 2.03. The van der Waals surface area contributed by atoms with Crippen LogP contribution in [0, 0.1) is 22.9 Å². The zero-order valence-corrected chi connectivity index (χ0v) is 12.0. The van der Waals surface area contributed by atoms with Crippen LogP contribution in [-0.2, 0) is 6.42 Å². The Morgan fingerprint density at radius 1 is 1.40 bits per heavy atom. The summed E-state index contributed by atoms with van der Waals surface area (Å²) in [5.41, 5.74) is -0.280. The Morgan fingerprint density at radius 2 is 2.15 bits per heavy atom. The topological polar surface area (TPSA) is 55.2 Å². The van der Waals surface area contributed by atoms with Gasteiger partial charge in [-0.25, -0.2) is 0 Å². The maximum atomic E-state index is 13.5. The van der Waals surface area contributed by atoms with Crippen molar-refractivity contribution in [2.24, 2.45) is 0 Å². The average Bonchev–Trinajstić information content (AvgIpc) is 2.74. The van der Waals surface area contributed by atoms with Gasteiger partial charge in [0.1, 0.15) is 5.69 Å². The van der Waals surface area contributed by atoms with E-state index in [2.05, 4.69) is 5.32 Å². The van der Waals surface area contributed by atoms with Crippen LogP contribution in [0.1, 0.15) is 16.7 Å². The monoisotopic (exact) mass is 294 g/mol.